The molecule has 2 fully saturated rings. The number of nitrogens with one attached hydrogen (secondary N) is 1. The summed E-state index contributed by atoms with van der Waals surface area (Å²) >= 11 is 0. The van der Waals surface area contributed by atoms with Crippen LogP contribution in [0.4, 0.5) is 5.82 Å². The fourth-order valence-corrected chi connectivity index (χ4v) is 4.47. The third-order valence-electron chi connectivity index (χ3n) is 6.43. The molecule has 0 unspecified atom stereocenters. The summed E-state index contributed by atoms with van der Waals surface area (Å²) in [7, 11) is 0. The van der Waals surface area contributed by atoms with Crippen molar-refractivity contribution in [3.05, 3.63) is 72.4 Å². The Labute approximate surface area is 187 Å². The van der Waals surface area contributed by atoms with E-state index in [-0.39, 0.29) is 0 Å². The van der Waals surface area contributed by atoms with Gasteiger partial charge in [0.05, 0.1) is 5.39 Å². The van der Waals surface area contributed by atoms with E-state index >= 15 is 0 Å². The molecule has 6 rings (SSSR count). The van der Waals surface area contributed by atoms with E-state index in [0.29, 0.717) is 6.61 Å². The van der Waals surface area contributed by atoms with Crippen LogP contribution in [0.2, 0.25) is 0 Å². The second kappa shape index (κ2) is 8.28. The predicted octanol–water partition coefficient (Wildman–Crippen LogP) is 4.49. The predicted molar refractivity (Wildman–Crippen MR) is 127 cm³/mol. The SMILES string of the molecule is c1ccc(COc2ccc(-c3nc(N4CCN(C5CC5)CC4)c4cc[nH]c4n3)cc2)cc1. The number of fused-ring (bicyclic) bond motifs is 1. The van der Waals surface area contributed by atoms with Gasteiger partial charge in [0.15, 0.2) is 5.82 Å². The van der Waals surface area contributed by atoms with Crippen molar-refractivity contribution in [2.24, 2.45) is 0 Å². The number of piperazine rings is 1. The van der Waals surface area contributed by atoms with Crippen LogP contribution in [0.3, 0.4) is 0 Å². The third kappa shape index (κ3) is 3.94. The van der Waals surface area contributed by atoms with Gasteiger partial charge in [-0.2, -0.15) is 0 Å². The van der Waals surface area contributed by atoms with Gasteiger partial charge in [-0.25, -0.2) is 9.97 Å². The molecular weight excluding hydrogens is 398 g/mol. The normalized spacial score (nSPS) is 17.1. The Hall–Kier alpha value is -3.38. The van der Waals surface area contributed by atoms with Gasteiger partial charge in [-0.3, -0.25) is 4.90 Å². The van der Waals surface area contributed by atoms with Gasteiger partial charge in [0.25, 0.3) is 0 Å². The molecule has 32 heavy (non-hydrogen) atoms. The first-order valence-corrected chi connectivity index (χ1v) is 11.4. The van der Waals surface area contributed by atoms with Crippen molar-refractivity contribution < 1.29 is 4.74 Å². The molecule has 6 heteroatoms. The van der Waals surface area contributed by atoms with Gasteiger partial charge in [-0.1, -0.05) is 30.3 Å². The van der Waals surface area contributed by atoms with Crippen molar-refractivity contribution in [1.82, 2.24) is 19.9 Å². The molecule has 2 aromatic heterocycles. The zero-order valence-electron chi connectivity index (χ0n) is 18.1. The molecule has 4 aromatic rings. The highest BCUT2D eigenvalue weighted by molar-refractivity contribution is 5.89. The van der Waals surface area contributed by atoms with Crippen molar-refractivity contribution in [2.45, 2.75) is 25.5 Å². The molecular formula is C26H27N5O. The Balaban J connectivity index is 1.22. The van der Waals surface area contributed by atoms with Crippen molar-refractivity contribution in [3.63, 3.8) is 0 Å². The van der Waals surface area contributed by atoms with Crippen LogP contribution in [0.5, 0.6) is 5.75 Å². The van der Waals surface area contributed by atoms with E-state index in [1.54, 1.807) is 0 Å². The average Bonchev–Trinajstić information content (AvgIpc) is 3.60. The molecule has 2 aromatic carbocycles. The minimum Gasteiger partial charge on any atom is -0.489 e. The highest BCUT2D eigenvalue weighted by Gasteiger charge is 2.32. The van der Waals surface area contributed by atoms with Crippen LogP contribution in [-0.4, -0.2) is 52.1 Å². The topological polar surface area (TPSA) is 57.3 Å². The molecule has 0 radical (unpaired) electrons. The second-order valence-corrected chi connectivity index (χ2v) is 8.66. The molecule has 3 heterocycles. The van der Waals surface area contributed by atoms with Crippen LogP contribution in [0.25, 0.3) is 22.4 Å². The zero-order valence-corrected chi connectivity index (χ0v) is 18.1. The number of aromatic nitrogens is 3. The number of benzene rings is 2. The minimum absolute atomic E-state index is 0.558. The minimum atomic E-state index is 0.558. The summed E-state index contributed by atoms with van der Waals surface area (Å²) in [6, 6.07) is 21.2. The van der Waals surface area contributed by atoms with Gasteiger partial charge >= 0.3 is 0 Å². The van der Waals surface area contributed by atoms with E-state index in [2.05, 4.69) is 33.0 Å². The van der Waals surface area contributed by atoms with Gasteiger partial charge in [0.2, 0.25) is 0 Å². The molecule has 1 aliphatic heterocycles. The van der Waals surface area contributed by atoms with E-state index in [4.69, 9.17) is 14.7 Å². The van der Waals surface area contributed by atoms with E-state index in [9.17, 15) is 0 Å². The lowest BCUT2D eigenvalue weighted by atomic mass is 10.2. The molecule has 1 N–H and O–H groups in total. The molecule has 1 saturated carbocycles. The lowest BCUT2D eigenvalue weighted by Crippen LogP contribution is -2.47. The summed E-state index contributed by atoms with van der Waals surface area (Å²) in [4.78, 5) is 18.1. The van der Waals surface area contributed by atoms with Gasteiger partial charge in [-0.15, -0.1) is 0 Å². The molecule has 1 aliphatic carbocycles. The number of ether oxygens (including phenoxy) is 1. The summed E-state index contributed by atoms with van der Waals surface area (Å²) in [6.45, 7) is 4.81. The Bertz CT molecular complexity index is 1190. The highest BCUT2D eigenvalue weighted by atomic mass is 16.5. The van der Waals surface area contributed by atoms with Gasteiger partial charge < -0.3 is 14.6 Å². The fourth-order valence-electron chi connectivity index (χ4n) is 4.47. The van der Waals surface area contributed by atoms with Crippen LogP contribution < -0.4 is 9.64 Å². The van der Waals surface area contributed by atoms with E-state index in [0.717, 1.165) is 71.8 Å². The number of hydrogen-bond acceptors (Lipinski definition) is 5. The molecule has 2 aliphatic rings. The van der Waals surface area contributed by atoms with Crippen LogP contribution in [0.15, 0.2) is 66.9 Å². The van der Waals surface area contributed by atoms with Gasteiger partial charge in [0, 0.05) is 44.0 Å². The second-order valence-electron chi connectivity index (χ2n) is 8.66. The molecule has 1 saturated heterocycles. The summed E-state index contributed by atoms with van der Waals surface area (Å²) < 4.78 is 5.93. The largest absolute Gasteiger partial charge is 0.489 e. The Morgan fingerprint density at radius 3 is 2.41 bits per heavy atom. The fraction of sp³-hybridized carbons (Fsp3) is 0.308. The van der Waals surface area contributed by atoms with Gasteiger partial charge in [-0.05, 0) is 48.7 Å². The average molecular weight is 426 g/mol. The maximum absolute atomic E-state index is 5.93. The molecule has 0 bridgehead atoms. The lowest BCUT2D eigenvalue weighted by Gasteiger charge is -2.35. The van der Waals surface area contributed by atoms with Gasteiger partial charge in [0.1, 0.15) is 23.8 Å². The summed E-state index contributed by atoms with van der Waals surface area (Å²) in [5, 5.41) is 1.09. The number of nitrogens with zero attached hydrogens (tertiary/aromatic N) is 4. The molecule has 0 atom stereocenters. The number of H-pyrrole nitrogens is 1. The first-order valence-electron chi connectivity index (χ1n) is 11.4. The number of hydrogen-bond donors (Lipinski definition) is 1. The van der Waals surface area contributed by atoms with Crippen LogP contribution in [-0.2, 0) is 6.61 Å². The summed E-state index contributed by atoms with van der Waals surface area (Å²) in [5.41, 5.74) is 3.04. The summed E-state index contributed by atoms with van der Waals surface area (Å²) in [5.74, 6) is 2.62. The van der Waals surface area contributed by atoms with Crippen LogP contribution >= 0.6 is 0 Å². The van der Waals surface area contributed by atoms with Crippen molar-refractivity contribution in [3.8, 4) is 17.1 Å². The van der Waals surface area contributed by atoms with E-state index in [1.165, 1.54) is 12.8 Å². The monoisotopic (exact) mass is 425 g/mol. The number of aromatic amines is 1. The Morgan fingerprint density at radius 2 is 1.66 bits per heavy atom. The quantitative estimate of drug-likeness (QED) is 0.493. The molecule has 0 spiro atoms. The lowest BCUT2D eigenvalue weighted by molar-refractivity contribution is 0.248. The van der Waals surface area contributed by atoms with E-state index < -0.39 is 0 Å². The van der Waals surface area contributed by atoms with Crippen molar-refractivity contribution in [1.29, 1.82) is 0 Å². The third-order valence-corrected chi connectivity index (χ3v) is 6.43. The Kier molecular flexibility index (Phi) is 5.00. The summed E-state index contributed by atoms with van der Waals surface area (Å²) in [6.07, 6.45) is 4.68. The molecule has 6 nitrogen and oxygen atoms in total. The molecule has 0 amide bonds. The maximum Gasteiger partial charge on any atom is 0.163 e. The van der Waals surface area contributed by atoms with Crippen molar-refractivity contribution in [2.75, 3.05) is 31.1 Å². The highest BCUT2D eigenvalue weighted by Crippen LogP contribution is 2.31. The Morgan fingerprint density at radius 1 is 0.875 bits per heavy atom. The first-order chi connectivity index (χ1) is 15.8. The van der Waals surface area contributed by atoms with Crippen LogP contribution in [0.1, 0.15) is 18.4 Å². The first kappa shape index (κ1) is 19.3. The smallest absolute Gasteiger partial charge is 0.163 e. The zero-order chi connectivity index (χ0) is 21.3. The number of rotatable bonds is 6. The molecule has 162 valence electrons. The van der Waals surface area contributed by atoms with Crippen molar-refractivity contribution >= 4 is 16.9 Å². The van der Waals surface area contributed by atoms with Crippen LogP contribution in [0, 0.1) is 0 Å². The number of anilines is 1. The maximum atomic E-state index is 5.93. The van der Waals surface area contributed by atoms with E-state index in [1.807, 2.05) is 48.7 Å². The standard InChI is InChI=1S/C26H27N5O/c1-2-4-19(5-3-1)18-32-22-10-6-20(7-11-22)24-28-25-23(12-13-27-25)26(29-24)31-16-14-30(15-17-31)21-8-9-21/h1-7,10-13,21H,8-9,14-18H2,(H,27,28,29).